The van der Waals surface area contributed by atoms with E-state index in [1.807, 2.05) is 0 Å². The van der Waals surface area contributed by atoms with Crippen molar-refractivity contribution in [2.45, 2.75) is 9.92 Å². The molecule has 0 aliphatic rings. The molecule has 0 atom stereocenters. The van der Waals surface area contributed by atoms with Crippen LogP contribution in [0.3, 0.4) is 0 Å². The molecule has 8 heteroatoms. The number of rotatable bonds is 5. The maximum Gasteiger partial charge on any atom is 0.301 e. The average Bonchev–Trinajstić information content (AvgIpc) is 2.47. The standard InChI is InChI=1S/C12H12N4O3S/c1-19-8-2-4-9(5-3-8)20-12-10(16(17)18)6-7-11(14-12)15-13/h2-7H,13H2,1H3,(H,14,15). The van der Waals surface area contributed by atoms with E-state index in [4.69, 9.17) is 10.6 Å². The zero-order chi connectivity index (χ0) is 14.5. The minimum atomic E-state index is -0.473. The molecule has 0 fully saturated rings. The molecule has 7 nitrogen and oxygen atoms in total. The predicted octanol–water partition coefficient (Wildman–Crippen LogP) is 2.44. The normalized spacial score (nSPS) is 10.1. The summed E-state index contributed by atoms with van der Waals surface area (Å²) < 4.78 is 5.06. The van der Waals surface area contributed by atoms with Gasteiger partial charge in [-0.3, -0.25) is 10.1 Å². The van der Waals surface area contributed by atoms with E-state index in [-0.39, 0.29) is 10.7 Å². The van der Waals surface area contributed by atoms with Crippen molar-refractivity contribution in [2.24, 2.45) is 5.84 Å². The average molecular weight is 292 g/mol. The monoisotopic (exact) mass is 292 g/mol. The lowest BCUT2D eigenvalue weighted by molar-refractivity contribution is -0.388. The Hall–Kier alpha value is -2.32. The Morgan fingerprint density at radius 1 is 1.30 bits per heavy atom. The van der Waals surface area contributed by atoms with Gasteiger partial charge in [-0.15, -0.1) is 0 Å². The maximum absolute atomic E-state index is 11.0. The maximum atomic E-state index is 11.0. The summed E-state index contributed by atoms with van der Waals surface area (Å²) in [5, 5.41) is 11.3. The first-order valence-corrected chi connectivity index (χ1v) is 6.39. The minimum absolute atomic E-state index is 0.0650. The number of hydrazine groups is 1. The number of nitro groups is 1. The Morgan fingerprint density at radius 3 is 2.55 bits per heavy atom. The third-order valence-electron chi connectivity index (χ3n) is 2.46. The smallest absolute Gasteiger partial charge is 0.301 e. The van der Waals surface area contributed by atoms with Crippen LogP contribution in [0.15, 0.2) is 46.3 Å². The molecular weight excluding hydrogens is 280 g/mol. The van der Waals surface area contributed by atoms with Crippen LogP contribution >= 0.6 is 11.8 Å². The van der Waals surface area contributed by atoms with Crippen molar-refractivity contribution in [1.82, 2.24) is 4.98 Å². The molecule has 20 heavy (non-hydrogen) atoms. The van der Waals surface area contributed by atoms with Crippen molar-refractivity contribution >= 4 is 23.3 Å². The number of methoxy groups -OCH3 is 1. The molecule has 0 bridgehead atoms. The number of nitrogen functional groups attached to an aromatic ring is 1. The third-order valence-corrected chi connectivity index (χ3v) is 3.46. The molecule has 2 rings (SSSR count). The van der Waals surface area contributed by atoms with Gasteiger partial charge in [0.15, 0.2) is 5.03 Å². The van der Waals surface area contributed by atoms with E-state index in [9.17, 15) is 10.1 Å². The summed E-state index contributed by atoms with van der Waals surface area (Å²) in [4.78, 5) is 15.4. The van der Waals surface area contributed by atoms with Gasteiger partial charge in [0.1, 0.15) is 11.6 Å². The van der Waals surface area contributed by atoms with Crippen LogP contribution < -0.4 is 16.0 Å². The van der Waals surface area contributed by atoms with Crippen molar-refractivity contribution in [3.8, 4) is 5.75 Å². The molecule has 0 unspecified atom stereocenters. The Labute approximate surface area is 119 Å². The van der Waals surface area contributed by atoms with Crippen molar-refractivity contribution < 1.29 is 9.66 Å². The van der Waals surface area contributed by atoms with Crippen molar-refractivity contribution in [3.63, 3.8) is 0 Å². The number of nitrogens with one attached hydrogen (secondary N) is 1. The van der Waals surface area contributed by atoms with E-state index in [1.165, 1.54) is 23.9 Å². The predicted molar refractivity (Wildman–Crippen MR) is 75.8 cm³/mol. The summed E-state index contributed by atoms with van der Waals surface area (Å²) in [7, 11) is 1.57. The summed E-state index contributed by atoms with van der Waals surface area (Å²) in [6.07, 6.45) is 0. The van der Waals surface area contributed by atoms with E-state index in [0.717, 1.165) is 4.90 Å². The van der Waals surface area contributed by atoms with Crippen LogP contribution in [0.1, 0.15) is 0 Å². The number of hydrogen-bond donors (Lipinski definition) is 2. The number of benzene rings is 1. The summed E-state index contributed by atoms with van der Waals surface area (Å²) in [6.45, 7) is 0. The second-order valence-electron chi connectivity index (χ2n) is 3.70. The van der Waals surface area contributed by atoms with Crippen LogP contribution in [-0.2, 0) is 0 Å². The molecule has 3 N–H and O–H groups in total. The Bertz CT molecular complexity index is 619. The highest BCUT2D eigenvalue weighted by Crippen LogP contribution is 2.34. The van der Waals surface area contributed by atoms with Gasteiger partial charge in [-0.25, -0.2) is 10.8 Å². The van der Waals surface area contributed by atoms with E-state index in [2.05, 4.69) is 10.4 Å². The SMILES string of the molecule is COc1ccc(Sc2nc(NN)ccc2[N+](=O)[O-])cc1. The largest absolute Gasteiger partial charge is 0.497 e. The first-order chi connectivity index (χ1) is 9.63. The number of pyridine rings is 1. The summed E-state index contributed by atoms with van der Waals surface area (Å²) in [5.74, 6) is 6.35. The summed E-state index contributed by atoms with van der Waals surface area (Å²) >= 11 is 1.19. The molecule has 1 heterocycles. The molecule has 0 saturated carbocycles. The first-order valence-electron chi connectivity index (χ1n) is 5.58. The molecular formula is C12H12N4O3S. The second-order valence-corrected chi connectivity index (χ2v) is 4.76. The van der Waals surface area contributed by atoms with Gasteiger partial charge in [0.25, 0.3) is 0 Å². The lowest BCUT2D eigenvalue weighted by Gasteiger charge is -2.05. The van der Waals surface area contributed by atoms with E-state index < -0.39 is 4.92 Å². The van der Waals surface area contributed by atoms with Crippen LogP contribution in [-0.4, -0.2) is 17.0 Å². The molecule has 104 valence electrons. The molecule has 1 aromatic carbocycles. The fraction of sp³-hybridized carbons (Fsp3) is 0.0833. The van der Waals surface area contributed by atoms with Crippen LogP contribution in [0.5, 0.6) is 5.75 Å². The van der Waals surface area contributed by atoms with Crippen molar-refractivity contribution in [2.75, 3.05) is 12.5 Å². The van der Waals surface area contributed by atoms with Gasteiger partial charge in [0, 0.05) is 11.0 Å². The Kier molecular flexibility index (Phi) is 4.38. The van der Waals surface area contributed by atoms with E-state index in [1.54, 1.807) is 31.4 Å². The lowest BCUT2D eigenvalue weighted by atomic mass is 10.3. The number of nitrogens with zero attached hydrogens (tertiary/aromatic N) is 2. The molecule has 0 amide bonds. The fourth-order valence-electron chi connectivity index (χ4n) is 1.48. The number of ether oxygens (including phenoxy) is 1. The van der Waals surface area contributed by atoms with Gasteiger partial charge < -0.3 is 10.2 Å². The van der Waals surface area contributed by atoms with Crippen molar-refractivity contribution in [3.05, 3.63) is 46.5 Å². The highest BCUT2D eigenvalue weighted by molar-refractivity contribution is 7.99. The van der Waals surface area contributed by atoms with Gasteiger partial charge >= 0.3 is 5.69 Å². The first kappa shape index (κ1) is 14.1. The highest BCUT2D eigenvalue weighted by Gasteiger charge is 2.17. The van der Waals surface area contributed by atoms with Crippen LogP contribution in [0, 0.1) is 10.1 Å². The Morgan fingerprint density at radius 2 is 2.00 bits per heavy atom. The van der Waals surface area contributed by atoms with Gasteiger partial charge in [0.05, 0.1) is 12.0 Å². The molecule has 1 aromatic heterocycles. The molecule has 0 aliphatic carbocycles. The second kappa shape index (κ2) is 6.22. The van der Waals surface area contributed by atoms with Crippen molar-refractivity contribution in [1.29, 1.82) is 0 Å². The molecule has 0 aliphatic heterocycles. The van der Waals surface area contributed by atoms with Gasteiger partial charge in [-0.2, -0.15) is 0 Å². The van der Waals surface area contributed by atoms with Gasteiger partial charge in [-0.05, 0) is 30.3 Å². The number of aromatic nitrogens is 1. The third kappa shape index (κ3) is 3.16. The molecule has 0 radical (unpaired) electrons. The molecule has 2 aromatic rings. The van der Waals surface area contributed by atoms with Gasteiger partial charge in [-0.1, -0.05) is 11.8 Å². The molecule has 0 spiro atoms. The van der Waals surface area contributed by atoms with E-state index >= 15 is 0 Å². The Balaban J connectivity index is 2.32. The minimum Gasteiger partial charge on any atom is -0.497 e. The fourth-order valence-corrected chi connectivity index (χ4v) is 2.37. The summed E-state index contributed by atoms with van der Waals surface area (Å²) in [5.41, 5.74) is 2.31. The highest BCUT2D eigenvalue weighted by atomic mass is 32.2. The number of hydrogen-bond acceptors (Lipinski definition) is 7. The zero-order valence-electron chi connectivity index (χ0n) is 10.6. The van der Waals surface area contributed by atoms with Crippen LogP contribution in [0.4, 0.5) is 11.5 Å². The van der Waals surface area contributed by atoms with Crippen LogP contribution in [0.2, 0.25) is 0 Å². The van der Waals surface area contributed by atoms with Gasteiger partial charge in [0.2, 0.25) is 0 Å². The van der Waals surface area contributed by atoms with E-state index in [0.29, 0.717) is 11.6 Å². The quantitative estimate of drug-likeness (QED) is 0.495. The van der Waals surface area contributed by atoms with Crippen LogP contribution in [0.25, 0.3) is 0 Å². The number of nitrogens with two attached hydrogens (primary N) is 1. The lowest BCUT2D eigenvalue weighted by Crippen LogP contribution is -2.09. The summed E-state index contributed by atoms with van der Waals surface area (Å²) in [6, 6.07) is 9.98. The zero-order valence-corrected chi connectivity index (χ0v) is 11.4. The topological polar surface area (TPSA) is 103 Å². The molecule has 0 saturated heterocycles. The number of anilines is 1.